The molecule has 1 heterocycles. The Hall–Kier alpha value is -3.82. The van der Waals surface area contributed by atoms with Crippen LogP contribution in [0.15, 0.2) is 54.1 Å². The average Bonchev–Trinajstić information content (AvgIpc) is 3.22. The third-order valence-electron chi connectivity index (χ3n) is 5.25. The van der Waals surface area contributed by atoms with Gasteiger partial charge in [-0.2, -0.15) is 14.0 Å². The lowest BCUT2D eigenvalue weighted by Gasteiger charge is -2.13. The minimum atomic E-state index is -1.24. The van der Waals surface area contributed by atoms with Gasteiger partial charge in [-0.1, -0.05) is 54.1 Å². The molecule has 0 radical (unpaired) electrons. The fourth-order valence-electron chi connectivity index (χ4n) is 3.97. The van der Waals surface area contributed by atoms with Crippen LogP contribution >= 0.6 is 11.7 Å². The molecule has 0 amide bonds. The van der Waals surface area contributed by atoms with Gasteiger partial charge in [0.25, 0.3) is 0 Å². The smallest absolute Gasteiger partial charge is 0.346 e. The zero-order valence-corrected chi connectivity index (χ0v) is 18.1. The van der Waals surface area contributed by atoms with Crippen LogP contribution in [0.25, 0.3) is 39.4 Å². The van der Waals surface area contributed by atoms with Crippen molar-refractivity contribution in [1.29, 1.82) is 5.26 Å². The summed E-state index contributed by atoms with van der Waals surface area (Å²) in [5, 5.41) is 18.0. The molecule has 4 rings (SSSR count). The Morgan fingerprint density at radius 3 is 2.13 bits per heavy atom. The van der Waals surface area contributed by atoms with E-state index in [1.54, 1.807) is 18.2 Å². The summed E-state index contributed by atoms with van der Waals surface area (Å²) in [6.07, 6.45) is 1.36. The third kappa shape index (κ3) is 3.83. The van der Waals surface area contributed by atoms with E-state index in [1.165, 1.54) is 40.1 Å². The van der Waals surface area contributed by atoms with Crippen LogP contribution in [0.3, 0.4) is 0 Å². The van der Waals surface area contributed by atoms with Crippen molar-refractivity contribution in [2.24, 2.45) is 0 Å². The molecule has 0 atom stereocenters. The standard InChI is InChI=1S/C25H19N3O2S/c1-14-10-15(2)22(16(3)11-14)21-9-8-20(23-24(21)28-31-27-23)18-6-4-17(5-7-18)12-19(13-26)25(29)30/h4-12H,1-3H3,(H,29,30)/b19-12+. The number of carbonyl (C=O) groups is 1. The molecule has 0 aliphatic rings. The number of carboxylic acid groups (broad SMARTS) is 1. The molecule has 1 N–H and O–H groups in total. The highest BCUT2D eigenvalue weighted by molar-refractivity contribution is 7.00. The highest BCUT2D eigenvalue weighted by Crippen LogP contribution is 2.37. The number of hydrogen-bond donors (Lipinski definition) is 1. The van der Waals surface area contributed by atoms with Gasteiger partial charge in [-0.05, 0) is 54.7 Å². The summed E-state index contributed by atoms with van der Waals surface area (Å²) in [5.74, 6) is -1.24. The molecule has 4 aromatic rings. The lowest BCUT2D eigenvalue weighted by molar-refractivity contribution is -0.132. The number of fused-ring (bicyclic) bond motifs is 1. The van der Waals surface area contributed by atoms with Crippen LogP contribution in [0.4, 0.5) is 0 Å². The molecule has 1 aromatic heterocycles. The molecule has 152 valence electrons. The summed E-state index contributed by atoms with van der Waals surface area (Å²) < 4.78 is 9.16. The second-order valence-electron chi connectivity index (χ2n) is 7.49. The second-order valence-corrected chi connectivity index (χ2v) is 8.02. The fourth-order valence-corrected chi connectivity index (χ4v) is 4.55. The molecule has 5 nitrogen and oxygen atoms in total. The fraction of sp³-hybridized carbons (Fsp3) is 0.120. The zero-order valence-electron chi connectivity index (χ0n) is 17.3. The molecule has 0 bridgehead atoms. The molecule has 0 saturated carbocycles. The van der Waals surface area contributed by atoms with Gasteiger partial charge in [-0.3, -0.25) is 0 Å². The Morgan fingerprint density at radius 1 is 0.968 bits per heavy atom. The highest BCUT2D eigenvalue weighted by Gasteiger charge is 2.16. The van der Waals surface area contributed by atoms with Gasteiger partial charge in [0, 0.05) is 11.1 Å². The first-order valence-corrected chi connectivity index (χ1v) is 10.4. The van der Waals surface area contributed by atoms with Crippen molar-refractivity contribution in [3.8, 4) is 28.3 Å². The molecule has 0 saturated heterocycles. The van der Waals surface area contributed by atoms with Gasteiger partial charge in [0.15, 0.2) is 0 Å². The SMILES string of the molecule is Cc1cc(C)c(-c2ccc(-c3ccc(/C=C(\C#N)C(=O)O)cc3)c3nsnc23)c(C)c1. The molecule has 6 heteroatoms. The van der Waals surface area contributed by atoms with Gasteiger partial charge in [-0.25, -0.2) is 4.79 Å². The number of hydrogen-bond acceptors (Lipinski definition) is 5. The number of nitrogens with zero attached hydrogens (tertiary/aromatic N) is 3. The monoisotopic (exact) mass is 425 g/mol. The van der Waals surface area contributed by atoms with Crippen molar-refractivity contribution < 1.29 is 9.90 Å². The van der Waals surface area contributed by atoms with E-state index in [1.807, 2.05) is 12.1 Å². The van der Waals surface area contributed by atoms with E-state index in [9.17, 15) is 4.79 Å². The Bertz CT molecular complexity index is 1370. The first-order chi connectivity index (χ1) is 14.9. The molecule has 0 aliphatic heterocycles. The van der Waals surface area contributed by atoms with Crippen molar-refractivity contribution >= 4 is 34.8 Å². The molecular weight excluding hydrogens is 406 g/mol. The number of carboxylic acids is 1. The zero-order chi connectivity index (χ0) is 22.1. The minimum absolute atomic E-state index is 0.299. The van der Waals surface area contributed by atoms with Gasteiger partial charge in [0.2, 0.25) is 0 Å². The summed E-state index contributed by atoms with van der Waals surface area (Å²) >= 11 is 1.19. The number of rotatable bonds is 4. The quantitative estimate of drug-likeness (QED) is 0.323. The first kappa shape index (κ1) is 20.5. The molecular formula is C25H19N3O2S. The lowest BCUT2D eigenvalue weighted by atomic mass is 9.91. The largest absolute Gasteiger partial charge is 0.477 e. The van der Waals surface area contributed by atoms with E-state index in [4.69, 9.17) is 10.4 Å². The van der Waals surface area contributed by atoms with Crippen LogP contribution < -0.4 is 0 Å². The van der Waals surface area contributed by atoms with Crippen molar-refractivity contribution in [3.63, 3.8) is 0 Å². The summed E-state index contributed by atoms with van der Waals surface area (Å²) in [7, 11) is 0. The van der Waals surface area contributed by atoms with Crippen molar-refractivity contribution in [1.82, 2.24) is 8.75 Å². The number of aliphatic carboxylic acids is 1. The third-order valence-corrected chi connectivity index (χ3v) is 5.77. The molecule has 0 unspecified atom stereocenters. The number of aromatic nitrogens is 2. The number of aryl methyl sites for hydroxylation is 3. The molecule has 0 fully saturated rings. The van der Waals surface area contributed by atoms with E-state index in [0.29, 0.717) is 5.56 Å². The van der Waals surface area contributed by atoms with Crippen molar-refractivity contribution in [3.05, 3.63) is 76.4 Å². The Balaban J connectivity index is 1.80. The van der Waals surface area contributed by atoms with E-state index in [0.717, 1.165) is 27.7 Å². The maximum atomic E-state index is 11.1. The average molecular weight is 426 g/mol. The van der Waals surface area contributed by atoms with Gasteiger partial charge in [0.1, 0.15) is 22.7 Å². The van der Waals surface area contributed by atoms with Crippen LogP contribution in [0.5, 0.6) is 0 Å². The number of nitriles is 1. The van der Waals surface area contributed by atoms with Gasteiger partial charge < -0.3 is 5.11 Å². The van der Waals surface area contributed by atoms with Crippen LogP contribution in [-0.4, -0.2) is 19.8 Å². The Kier molecular flexibility index (Phi) is 5.37. The molecule has 0 spiro atoms. The predicted octanol–water partition coefficient (Wildman–Crippen LogP) is 5.94. The van der Waals surface area contributed by atoms with Crippen LogP contribution in [-0.2, 0) is 4.79 Å². The lowest BCUT2D eigenvalue weighted by Crippen LogP contribution is -1.97. The van der Waals surface area contributed by atoms with Crippen molar-refractivity contribution in [2.75, 3.05) is 0 Å². The van der Waals surface area contributed by atoms with E-state index >= 15 is 0 Å². The topological polar surface area (TPSA) is 86.9 Å². The summed E-state index contributed by atoms with van der Waals surface area (Å²) in [5.41, 5.74) is 9.90. The van der Waals surface area contributed by atoms with Crippen LogP contribution in [0.1, 0.15) is 22.3 Å². The normalized spacial score (nSPS) is 11.5. The first-order valence-electron chi connectivity index (χ1n) is 9.68. The summed E-state index contributed by atoms with van der Waals surface area (Å²) in [4.78, 5) is 11.1. The van der Waals surface area contributed by atoms with E-state index in [-0.39, 0.29) is 5.57 Å². The van der Waals surface area contributed by atoms with Crippen molar-refractivity contribution in [2.45, 2.75) is 20.8 Å². The summed E-state index contributed by atoms with van der Waals surface area (Å²) in [6, 6.07) is 17.6. The molecule has 0 aliphatic carbocycles. The number of benzene rings is 3. The van der Waals surface area contributed by atoms with Gasteiger partial charge >= 0.3 is 5.97 Å². The minimum Gasteiger partial charge on any atom is -0.477 e. The maximum Gasteiger partial charge on any atom is 0.346 e. The molecule has 31 heavy (non-hydrogen) atoms. The Labute approximate surface area is 184 Å². The second kappa shape index (κ2) is 8.13. The van der Waals surface area contributed by atoms with Gasteiger partial charge in [-0.15, -0.1) is 0 Å². The van der Waals surface area contributed by atoms with E-state index in [2.05, 4.69) is 53.8 Å². The van der Waals surface area contributed by atoms with Crippen LogP contribution in [0, 0.1) is 32.1 Å². The summed E-state index contributed by atoms with van der Waals surface area (Å²) in [6.45, 7) is 6.34. The predicted molar refractivity (Wildman–Crippen MR) is 124 cm³/mol. The van der Waals surface area contributed by atoms with E-state index < -0.39 is 5.97 Å². The van der Waals surface area contributed by atoms with Gasteiger partial charge in [0.05, 0.1) is 11.7 Å². The van der Waals surface area contributed by atoms with Crippen LogP contribution in [0.2, 0.25) is 0 Å². The Morgan fingerprint density at radius 2 is 1.55 bits per heavy atom. The molecule has 3 aromatic carbocycles. The maximum absolute atomic E-state index is 11.1. The highest BCUT2D eigenvalue weighted by atomic mass is 32.1.